The predicted molar refractivity (Wildman–Crippen MR) is 71.0 cm³/mol. The van der Waals surface area contributed by atoms with Gasteiger partial charge in [0, 0.05) is 24.7 Å². The summed E-state index contributed by atoms with van der Waals surface area (Å²) in [5.74, 6) is 0.126. The van der Waals surface area contributed by atoms with Crippen molar-refractivity contribution in [2.24, 2.45) is 0 Å². The normalized spacial score (nSPS) is 19.3. The quantitative estimate of drug-likeness (QED) is 0.771. The maximum atomic E-state index is 11.6. The number of carbonyl (C=O) groups is 1. The summed E-state index contributed by atoms with van der Waals surface area (Å²) >= 11 is 0. The van der Waals surface area contributed by atoms with Crippen LogP contribution in [0.25, 0.3) is 0 Å². The van der Waals surface area contributed by atoms with E-state index in [4.69, 9.17) is 0 Å². The van der Waals surface area contributed by atoms with Crippen LogP contribution in [-0.2, 0) is 4.79 Å². The van der Waals surface area contributed by atoms with Gasteiger partial charge in [0.25, 0.3) is 0 Å². The van der Waals surface area contributed by atoms with E-state index in [-0.39, 0.29) is 11.4 Å². The predicted octanol–water partition coefficient (Wildman–Crippen LogP) is 0.975. The van der Waals surface area contributed by atoms with Gasteiger partial charge in [0.15, 0.2) is 0 Å². The van der Waals surface area contributed by atoms with Gasteiger partial charge in [0.1, 0.15) is 0 Å². The van der Waals surface area contributed by atoms with Crippen molar-refractivity contribution in [2.45, 2.75) is 52.1 Å². The summed E-state index contributed by atoms with van der Waals surface area (Å²) in [6, 6.07) is 0.361. The number of likely N-dealkylation sites (tertiary alicyclic amines) is 1. The standard InChI is InChI=1S/C13H27N3O/c1-5-14-10-12(17)15-11-6-8-16(9-7-11)13(2,3)4/h11,14H,5-10H2,1-4H3,(H,15,17). The lowest BCUT2D eigenvalue weighted by molar-refractivity contribution is -0.121. The molecule has 0 spiro atoms. The molecule has 17 heavy (non-hydrogen) atoms. The van der Waals surface area contributed by atoms with Gasteiger partial charge in [-0.25, -0.2) is 0 Å². The van der Waals surface area contributed by atoms with E-state index >= 15 is 0 Å². The molecule has 1 aliphatic rings. The van der Waals surface area contributed by atoms with E-state index in [1.165, 1.54) is 0 Å². The Kier molecular flexibility index (Phi) is 5.40. The van der Waals surface area contributed by atoms with Gasteiger partial charge in [0.05, 0.1) is 6.54 Å². The largest absolute Gasteiger partial charge is 0.352 e. The molecule has 0 aromatic carbocycles. The monoisotopic (exact) mass is 241 g/mol. The average Bonchev–Trinajstić information content (AvgIpc) is 2.26. The van der Waals surface area contributed by atoms with Gasteiger partial charge in [0.2, 0.25) is 5.91 Å². The van der Waals surface area contributed by atoms with E-state index < -0.39 is 0 Å². The molecule has 100 valence electrons. The van der Waals surface area contributed by atoms with Crippen LogP contribution in [0.15, 0.2) is 0 Å². The molecule has 1 saturated heterocycles. The first-order chi connectivity index (χ1) is 7.93. The average molecular weight is 241 g/mol. The van der Waals surface area contributed by atoms with Crippen LogP contribution in [0.1, 0.15) is 40.5 Å². The van der Waals surface area contributed by atoms with Gasteiger partial charge in [-0.1, -0.05) is 6.92 Å². The summed E-state index contributed by atoms with van der Waals surface area (Å²) in [7, 11) is 0. The van der Waals surface area contributed by atoms with Crippen molar-refractivity contribution in [3.8, 4) is 0 Å². The Morgan fingerprint density at radius 2 is 1.88 bits per heavy atom. The summed E-state index contributed by atoms with van der Waals surface area (Å²) in [6.07, 6.45) is 2.13. The zero-order valence-corrected chi connectivity index (χ0v) is 11.7. The third-order valence-electron chi connectivity index (χ3n) is 3.34. The summed E-state index contributed by atoms with van der Waals surface area (Å²) in [4.78, 5) is 14.0. The zero-order chi connectivity index (χ0) is 12.9. The van der Waals surface area contributed by atoms with Crippen LogP contribution in [0.4, 0.5) is 0 Å². The van der Waals surface area contributed by atoms with E-state index in [9.17, 15) is 4.79 Å². The smallest absolute Gasteiger partial charge is 0.234 e. The molecule has 1 fully saturated rings. The zero-order valence-electron chi connectivity index (χ0n) is 11.7. The Morgan fingerprint density at radius 3 is 2.35 bits per heavy atom. The summed E-state index contributed by atoms with van der Waals surface area (Å²) < 4.78 is 0. The van der Waals surface area contributed by atoms with Crippen molar-refractivity contribution in [1.82, 2.24) is 15.5 Å². The fourth-order valence-electron chi connectivity index (χ4n) is 2.21. The lowest BCUT2D eigenvalue weighted by Gasteiger charge is -2.41. The Morgan fingerprint density at radius 1 is 1.29 bits per heavy atom. The molecule has 4 heteroatoms. The summed E-state index contributed by atoms with van der Waals surface area (Å²) in [5.41, 5.74) is 0.249. The molecule has 0 atom stereocenters. The number of carbonyl (C=O) groups excluding carboxylic acids is 1. The second kappa shape index (κ2) is 6.36. The van der Waals surface area contributed by atoms with Gasteiger partial charge >= 0.3 is 0 Å². The molecule has 0 radical (unpaired) electrons. The Bertz CT molecular complexity index is 240. The lowest BCUT2D eigenvalue weighted by Crippen LogP contribution is -2.51. The molecule has 1 heterocycles. The van der Waals surface area contributed by atoms with Crippen LogP contribution < -0.4 is 10.6 Å². The third-order valence-corrected chi connectivity index (χ3v) is 3.34. The number of amides is 1. The van der Waals surface area contributed by atoms with Crippen molar-refractivity contribution in [3.05, 3.63) is 0 Å². The SMILES string of the molecule is CCNCC(=O)NC1CCN(C(C)(C)C)CC1. The second-order valence-electron chi connectivity index (χ2n) is 5.78. The fraction of sp³-hybridized carbons (Fsp3) is 0.923. The van der Waals surface area contributed by atoms with Crippen molar-refractivity contribution in [3.63, 3.8) is 0 Å². The highest BCUT2D eigenvalue weighted by atomic mass is 16.1. The maximum absolute atomic E-state index is 11.6. The van der Waals surface area contributed by atoms with Crippen LogP contribution in [0.2, 0.25) is 0 Å². The van der Waals surface area contributed by atoms with Crippen LogP contribution in [0, 0.1) is 0 Å². The van der Waals surface area contributed by atoms with Crippen LogP contribution in [0.3, 0.4) is 0 Å². The molecule has 2 N–H and O–H groups in total. The minimum atomic E-state index is 0.126. The molecular formula is C13H27N3O. The highest BCUT2D eigenvalue weighted by Gasteiger charge is 2.27. The maximum Gasteiger partial charge on any atom is 0.234 e. The lowest BCUT2D eigenvalue weighted by atomic mass is 9.98. The molecule has 4 nitrogen and oxygen atoms in total. The Balaban J connectivity index is 2.25. The minimum Gasteiger partial charge on any atom is -0.352 e. The number of nitrogens with zero attached hydrogens (tertiary/aromatic N) is 1. The van der Waals surface area contributed by atoms with Crippen molar-refractivity contribution in [1.29, 1.82) is 0 Å². The van der Waals surface area contributed by atoms with Crippen molar-refractivity contribution >= 4 is 5.91 Å². The first kappa shape index (κ1) is 14.5. The molecule has 0 unspecified atom stereocenters. The molecule has 1 rings (SSSR count). The topological polar surface area (TPSA) is 44.4 Å². The molecule has 0 saturated carbocycles. The van der Waals surface area contributed by atoms with Gasteiger partial charge in [-0.2, -0.15) is 0 Å². The van der Waals surface area contributed by atoms with Gasteiger partial charge < -0.3 is 10.6 Å². The van der Waals surface area contributed by atoms with E-state index in [2.05, 4.69) is 36.3 Å². The van der Waals surface area contributed by atoms with Gasteiger partial charge in [-0.3, -0.25) is 9.69 Å². The number of hydrogen-bond acceptors (Lipinski definition) is 3. The van der Waals surface area contributed by atoms with E-state index in [1.807, 2.05) is 6.92 Å². The van der Waals surface area contributed by atoms with Gasteiger partial charge in [-0.05, 0) is 40.2 Å². The van der Waals surface area contributed by atoms with Crippen molar-refractivity contribution in [2.75, 3.05) is 26.2 Å². The van der Waals surface area contributed by atoms with Crippen LogP contribution >= 0.6 is 0 Å². The highest BCUT2D eigenvalue weighted by Crippen LogP contribution is 2.19. The van der Waals surface area contributed by atoms with Crippen molar-refractivity contribution < 1.29 is 4.79 Å². The first-order valence-corrected chi connectivity index (χ1v) is 6.68. The Labute approximate surface area is 105 Å². The minimum absolute atomic E-state index is 0.126. The molecule has 1 aliphatic heterocycles. The van der Waals surface area contributed by atoms with Gasteiger partial charge in [-0.15, -0.1) is 0 Å². The van der Waals surface area contributed by atoms with E-state index in [0.29, 0.717) is 12.6 Å². The van der Waals surface area contributed by atoms with Crippen LogP contribution in [0.5, 0.6) is 0 Å². The first-order valence-electron chi connectivity index (χ1n) is 6.68. The Hall–Kier alpha value is -0.610. The summed E-state index contributed by atoms with van der Waals surface area (Å²) in [5, 5.41) is 6.15. The molecule has 1 amide bonds. The number of hydrogen-bond donors (Lipinski definition) is 2. The van der Waals surface area contributed by atoms with Crippen LogP contribution in [-0.4, -0.2) is 48.6 Å². The molecular weight excluding hydrogens is 214 g/mol. The van der Waals surface area contributed by atoms with E-state index in [1.54, 1.807) is 0 Å². The second-order valence-corrected chi connectivity index (χ2v) is 5.78. The number of piperidine rings is 1. The highest BCUT2D eigenvalue weighted by molar-refractivity contribution is 5.78. The number of nitrogens with one attached hydrogen (secondary N) is 2. The molecule has 0 aromatic heterocycles. The summed E-state index contributed by atoms with van der Waals surface area (Å²) in [6.45, 7) is 12.2. The molecule has 0 bridgehead atoms. The fourth-order valence-corrected chi connectivity index (χ4v) is 2.21. The molecule has 0 aromatic rings. The molecule has 0 aliphatic carbocycles. The van der Waals surface area contributed by atoms with E-state index in [0.717, 1.165) is 32.5 Å². The number of rotatable bonds is 4. The number of likely N-dealkylation sites (N-methyl/N-ethyl adjacent to an activating group) is 1. The third kappa shape index (κ3) is 5.04.